The molecule has 2 aromatic rings. The Morgan fingerprint density at radius 1 is 1.23 bits per heavy atom. The summed E-state index contributed by atoms with van der Waals surface area (Å²) in [4.78, 5) is 29.2. The molecule has 4 rings (SSSR count). The molecule has 2 aliphatic rings. The van der Waals surface area contributed by atoms with Crippen molar-refractivity contribution in [3.05, 3.63) is 77.4 Å². The molecular formula is C28H33N2O5+. The molecule has 7 nitrogen and oxygen atoms in total. The zero-order valence-corrected chi connectivity index (χ0v) is 20.5. The molecule has 0 spiro atoms. The Kier molecular flexibility index (Phi) is 7.26. The van der Waals surface area contributed by atoms with Gasteiger partial charge >= 0.3 is 0 Å². The molecule has 2 aliphatic heterocycles. The van der Waals surface area contributed by atoms with E-state index >= 15 is 0 Å². The second-order valence-corrected chi connectivity index (χ2v) is 9.43. The molecule has 0 bridgehead atoms. The average Bonchev–Trinajstić information content (AvgIpc) is 3.33. The summed E-state index contributed by atoms with van der Waals surface area (Å²) in [5, 5.41) is 11.3. The van der Waals surface area contributed by atoms with Crippen molar-refractivity contribution < 1.29 is 29.1 Å². The van der Waals surface area contributed by atoms with E-state index < -0.39 is 17.7 Å². The van der Waals surface area contributed by atoms with Gasteiger partial charge in [0, 0.05) is 24.9 Å². The highest BCUT2D eigenvalue weighted by atomic mass is 16.5. The number of rotatable bonds is 9. The fourth-order valence-electron chi connectivity index (χ4n) is 4.69. The van der Waals surface area contributed by atoms with Gasteiger partial charge in [-0.3, -0.25) is 9.59 Å². The predicted molar refractivity (Wildman–Crippen MR) is 134 cm³/mol. The normalized spacial score (nSPS) is 20.7. The molecule has 2 atom stereocenters. The Hall–Kier alpha value is -3.58. The van der Waals surface area contributed by atoms with Crippen LogP contribution in [0.4, 0.5) is 0 Å². The molecule has 0 saturated carbocycles. The summed E-state index contributed by atoms with van der Waals surface area (Å²) in [7, 11) is 4.10. The monoisotopic (exact) mass is 477 g/mol. The van der Waals surface area contributed by atoms with E-state index in [9.17, 15) is 14.7 Å². The van der Waals surface area contributed by atoms with Crippen LogP contribution >= 0.6 is 0 Å². The summed E-state index contributed by atoms with van der Waals surface area (Å²) in [6.07, 6.45) is 3.19. The zero-order valence-electron chi connectivity index (χ0n) is 20.5. The molecule has 0 radical (unpaired) electrons. The van der Waals surface area contributed by atoms with E-state index in [1.54, 1.807) is 29.2 Å². The van der Waals surface area contributed by atoms with Gasteiger partial charge in [-0.05, 0) is 48.4 Å². The first-order chi connectivity index (χ1) is 16.8. The van der Waals surface area contributed by atoms with Gasteiger partial charge in [-0.15, -0.1) is 0 Å². The van der Waals surface area contributed by atoms with E-state index in [2.05, 4.69) is 6.58 Å². The van der Waals surface area contributed by atoms with Crippen molar-refractivity contribution in [3.8, 4) is 11.5 Å². The Labute approximate surface area is 206 Å². The molecule has 0 aliphatic carbocycles. The van der Waals surface area contributed by atoms with Crippen molar-refractivity contribution in [2.45, 2.75) is 31.9 Å². The maximum atomic E-state index is 13.2. The lowest BCUT2D eigenvalue weighted by Gasteiger charge is -2.25. The Morgan fingerprint density at radius 3 is 2.66 bits per heavy atom. The van der Waals surface area contributed by atoms with Gasteiger partial charge in [-0.25, -0.2) is 0 Å². The van der Waals surface area contributed by atoms with Crippen molar-refractivity contribution in [2.24, 2.45) is 0 Å². The van der Waals surface area contributed by atoms with Crippen molar-refractivity contribution in [2.75, 3.05) is 33.8 Å². The highest BCUT2D eigenvalue weighted by Gasteiger charge is 2.46. The molecule has 2 N–H and O–H groups in total. The van der Waals surface area contributed by atoms with E-state index in [4.69, 9.17) is 9.47 Å². The third-order valence-corrected chi connectivity index (χ3v) is 6.35. The van der Waals surface area contributed by atoms with Crippen LogP contribution in [-0.4, -0.2) is 61.6 Å². The number of likely N-dealkylation sites (tertiary alicyclic amines) is 1. The van der Waals surface area contributed by atoms with Crippen LogP contribution in [0.5, 0.6) is 11.5 Å². The van der Waals surface area contributed by atoms with Crippen LogP contribution in [-0.2, 0) is 16.0 Å². The minimum Gasteiger partial charge on any atom is -0.507 e. The van der Waals surface area contributed by atoms with Crippen molar-refractivity contribution >= 4 is 17.4 Å². The maximum Gasteiger partial charge on any atom is 0.295 e. The number of carbonyl (C=O) groups excluding carboxylic acids is 2. The molecule has 1 amide bonds. The van der Waals surface area contributed by atoms with Gasteiger partial charge in [0.05, 0.1) is 32.3 Å². The van der Waals surface area contributed by atoms with Crippen LogP contribution in [0, 0.1) is 0 Å². The quantitative estimate of drug-likeness (QED) is 0.251. The highest BCUT2D eigenvalue weighted by Crippen LogP contribution is 2.41. The lowest BCUT2D eigenvalue weighted by atomic mass is 9.94. The second kappa shape index (κ2) is 10.4. The number of benzene rings is 2. The standard InChI is InChI=1S/C28H32N2O5/c1-5-15-34-22-10-7-19(8-11-22)25-24(27(32)28(33)30(25)14-6-13-29(3)4)26(31)20-9-12-23-21(17-20)16-18(2)35-23/h5,7-12,17-18,25,31H,1,6,13-16H2,2-4H3/p+1/t18-,25-/m0/s1. The Balaban J connectivity index is 1.74. The van der Waals surface area contributed by atoms with Crippen LogP contribution < -0.4 is 14.4 Å². The number of hydrogen-bond acceptors (Lipinski definition) is 5. The second-order valence-electron chi connectivity index (χ2n) is 9.43. The lowest BCUT2D eigenvalue weighted by molar-refractivity contribution is -0.858. The van der Waals surface area contributed by atoms with Gasteiger partial charge in [0.1, 0.15) is 30.0 Å². The molecule has 2 aromatic carbocycles. The van der Waals surface area contributed by atoms with Gasteiger partial charge < -0.3 is 24.4 Å². The number of quaternary nitrogens is 1. The number of ether oxygens (including phenoxy) is 2. The molecule has 0 unspecified atom stereocenters. The van der Waals surface area contributed by atoms with Crippen molar-refractivity contribution in [1.29, 1.82) is 0 Å². The molecule has 184 valence electrons. The number of fused-ring (bicyclic) bond motifs is 1. The number of ketones is 1. The summed E-state index contributed by atoms with van der Waals surface area (Å²) in [5.41, 5.74) is 2.34. The molecule has 0 aromatic heterocycles. The van der Waals surface area contributed by atoms with Crippen LogP contribution in [0.2, 0.25) is 0 Å². The molecular weight excluding hydrogens is 444 g/mol. The molecule has 2 heterocycles. The molecule has 7 heteroatoms. The number of nitrogens with zero attached hydrogens (tertiary/aromatic N) is 1. The summed E-state index contributed by atoms with van der Waals surface area (Å²) < 4.78 is 11.4. The van der Waals surface area contributed by atoms with Crippen LogP contribution in [0.25, 0.3) is 5.76 Å². The zero-order chi connectivity index (χ0) is 25.1. The van der Waals surface area contributed by atoms with Crippen molar-refractivity contribution in [1.82, 2.24) is 4.90 Å². The van der Waals surface area contributed by atoms with Crippen LogP contribution in [0.15, 0.2) is 60.7 Å². The minimum absolute atomic E-state index is 0.0635. The molecule has 35 heavy (non-hydrogen) atoms. The average molecular weight is 478 g/mol. The van der Waals surface area contributed by atoms with Crippen LogP contribution in [0.1, 0.15) is 36.1 Å². The number of amides is 1. The van der Waals surface area contributed by atoms with E-state index in [0.717, 1.165) is 36.3 Å². The van der Waals surface area contributed by atoms with E-state index in [-0.39, 0.29) is 17.4 Å². The van der Waals surface area contributed by atoms with E-state index in [1.165, 1.54) is 4.90 Å². The number of aliphatic hydroxyl groups excluding tert-OH is 1. The SMILES string of the molecule is C=CCOc1ccc([C@H]2C(=C(O)c3ccc4c(c3)C[C@H](C)O4)C(=O)C(=O)N2CCC[NH+](C)C)cc1. The lowest BCUT2D eigenvalue weighted by Crippen LogP contribution is -3.05. The topological polar surface area (TPSA) is 80.5 Å². The van der Waals surface area contributed by atoms with E-state index in [1.807, 2.05) is 45.3 Å². The minimum atomic E-state index is -0.677. The third kappa shape index (κ3) is 5.10. The fourth-order valence-corrected chi connectivity index (χ4v) is 4.69. The van der Waals surface area contributed by atoms with Gasteiger partial charge in [-0.1, -0.05) is 24.8 Å². The number of aliphatic hydroxyl groups is 1. The maximum absolute atomic E-state index is 13.2. The number of carbonyl (C=O) groups is 2. The van der Waals surface area contributed by atoms with Gasteiger partial charge in [-0.2, -0.15) is 0 Å². The van der Waals surface area contributed by atoms with E-state index in [0.29, 0.717) is 24.5 Å². The third-order valence-electron chi connectivity index (χ3n) is 6.35. The first-order valence-corrected chi connectivity index (χ1v) is 12.0. The van der Waals surface area contributed by atoms with Gasteiger partial charge in [0.15, 0.2) is 0 Å². The first kappa shape index (κ1) is 24.5. The van der Waals surface area contributed by atoms with Gasteiger partial charge in [0.25, 0.3) is 11.7 Å². The fraction of sp³-hybridized carbons (Fsp3) is 0.357. The van der Waals surface area contributed by atoms with Crippen molar-refractivity contribution in [3.63, 3.8) is 0 Å². The summed E-state index contributed by atoms with van der Waals surface area (Å²) in [6.45, 7) is 7.30. The largest absolute Gasteiger partial charge is 0.507 e. The number of Topliss-reactive ketones (excluding diaryl/α,β-unsaturated/α-hetero) is 1. The first-order valence-electron chi connectivity index (χ1n) is 12.0. The summed E-state index contributed by atoms with van der Waals surface area (Å²) in [6, 6.07) is 12.0. The molecule has 1 saturated heterocycles. The summed E-state index contributed by atoms with van der Waals surface area (Å²) >= 11 is 0. The Morgan fingerprint density at radius 2 is 1.97 bits per heavy atom. The Bertz CT molecular complexity index is 1150. The molecule has 1 fully saturated rings. The van der Waals surface area contributed by atoms with Crippen LogP contribution in [0.3, 0.4) is 0 Å². The number of nitrogens with one attached hydrogen (secondary N) is 1. The number of hydrogen-bond donors (Lipinski definition) is 2. The van der Waals surface area contributed by atoms with Gasteiger partial charge in [0.2, 0.25) is 0 Å². The highest BCUT2D eigenvalue weighted by molar-refractivity contribution is 6.46. The smallest absolute Gasteiger partial charge is 0.295 e. The predicted octanol–water partition coefficient (Wildman–Crippen LogP) is 2.53. The summed E-state index contributed by atoms with van der Waals surface area (Å²) in [5.74, 6) is 0.0301.